The Balaban J connectivity index is 1.65. The molecule has 128 valence electrons. The molecule has 7 atom stereocenters. The van der Waals surface area contributed by atoms with E-state index in [9.17, 15) is 4.79 Å². The van der Waals surface area contributed by atoms with Crippen LogP contribution in [-0.4, -0.2) is 6.29 Å². The molecule has 0 saturated heterocycles. The van der Waals surface area contributed by atoms with E-state index >= 15 is 0 Å². The van der Waals surface area contributed by atoms with Gasteiger partial charge in [0.25, 0.3) is 0 Å². The van der Waals surface area contributed by atoms with Crippen molar-refractivity contribution in [3.63, 3.8) is 0 Å². The monoisotopic (exact) mass is 314 g/mol. The van der Waals surface area contributed by atoms with Gasteiger partial charge in [-0.15, -0.1) is 0 Å². The molecule has 0 aromatic rings. The van der Waals surface area contributed by atoms with E-state index in [1.54, 1.807) is 0 Å². The second kappa shape index (κ2) is 5.46. The van der Waals surface area contributed by atoms with Crippen molar-refractivity contribution in [1.82, 2.24) is 0 Å². The summed E-state index contributed by atoms with van der Waals surface area (Å²) in [6.45, 7) is 7.30. The molecule has 0 aromatic carbocycles. The maximum Gasteiger partial charge on any atom is 0.123 e. The topological polar surface area (TPSA) is 17.1 Å². The molecule has 3 fully saturated rings. The van der Waals surface area contributed by atoms with E-state index in [1.807, 2.05) is 5.57 Å². The maximum atomic E-state index is 11.4. The molecule has 4 aliphatic rings. The minimum absolute atomic E-state index is 0.251. The molecule has 0 aliphatic heterocycles. The molecule has 0 amide bonds. The van der Waals surface area contributed by atoms with Crippen LogP contribution in [0.25, 0.3) is 0 Å². The van der Waals surface area contributed by atoms with Crippen molar-refractivity contribution in [2.45, 2.75) is 78.6 Å². The van der Waals surface area contributed by atoms with E-state index in [0.717, 1.165) is 17.8 Å². The molecule has 0 spiro atoms. The number of carbonyl (C=O) groups excluding carboxylic acids is 1. The summed E-state index contributed by atoms with van der Waals surface area (Å²) >= 11 is 0. The number of fused-ring (bicyclic) bond motifs is 5. The van der Waals surface area contributed by atoms with Crippen LogP contribution < -0.4 is 0 Å². The highest BCUT2D eigenvalue weighted by Crippen LogP contribution is 2.66. The van der Waals surface area contributed by atoms with E-state index in [4.69, 9.17) is 0 Å². The lowest BCUT2D eigenvalue weighted by Crippen LogP contribution is -2.50. The summed E-state index contributed by atoms with van der Waals surface area (Å²) in [4.78, 5) is 11.4. The minimum atomic E-state index is 0.251. The van der Waals surface area contributed by atoms with Gasteiger partial charge in [-0.1, -0.05) is 38.8 Å². The van der Waals surface area contributed by atoms with Crippen LogP contribution >= 0.6 is 0 Å². The molecule has 0 N–H and O–H groups in total. The van der Waals surface area contributed by atoms with Gasteiger partial charge in [0.05, 0.1) is 0 Å². The number of hydrogen-bond donors (Lipinski definition) is 0. The van der Waals surface area contributed by atoms with E-state index < -0.39 is 0 Å². The lowest BCUT2D eigenvalue weighted by atomic mass is 9.47. The second-order valence-electron chi connectivity index (χ2n) is 9.69. The van der Waals surface area contributed by atoms with Crippen LogP contribution in [-0.2, 0) is 4.79 Å². The maximum absolute atomic E-state index is 11.4. The van der Waals surface area contributed by atoms with Crippen molar-refractivity contribution in [1.29, 1.82) is 0 Å². The molecule has 1 unspecified atom stereocenters. The first kappa shape index (κ1) is 15.9. The van der Waals surface area contributed by atoms with Crippen molar-refractivity contribution in [2.24, 2.45) is 40.4 Å². The molecule has 4 rings (SSSR count). The number of carbonyl (C=O) groups is 1. The fraction of sp³-hybridized carbons (Fsp3) is 0.864. The second-order valence-corrected chi connectivity index (χ2v) is 9.69. The molecule has 0 bridgehead atoms. The van der Waals surface area contributed by atoms with Gasteiger partial charge in [-0.3, -0.25) is 0 Å². The zero-order valence-electron chi connectivity index (χ0n) is 15.3. The molecule has 1 nitrogen and oxygen atoms in total. The molecule has 0 aromatic heterocycles. The summed E-state index contributed by atoms with van der Waals surface area (Å²) in [5, 5.41) is 0. The Bertz CT molecular complexity index is 520. The van der Waals surface area contributed by atoms with E-state index in [2.05, 4.69) is 26.8 Å². The van der Waals surface area contributed by atoms with Crippen LogP contribution in [0.15, 0.2) is 11.6 Å². The molecule has 0 radical (unpaired) electrons. The Labute approximate surface area is 142 Å². The van der Waals surface area contributed by atoms with Gasteiger partial charge in [0.15, 0.2) is 0 Å². The summed E-state index contributed by atoms with van der Waals surface area (Å²) in [5.74, 6) is 3.57. The van der Waals surface area contributed by atoms with Crippen LogP contribution in [0, 0.1) is 40.4 Å². The Morgan fingerprint density at radius 2 is 1.96 bits per heavy atom. The molecule has 1 heteroatoms. The highest BCUT2D eigenvalue weighted by atomic mass is 16.1. The molecule has 4 aliphatic carbocycles. The lowest BCUT2D eigenvalue weighted by molar-refractivity contribution is -0.115. The third-order valence-electron chi connectivity index (χ3n) is 8.94. The van der Waals surface area contributed by atoms with Crippen LogP contribution in [0.2, 0.25) is 0 Å². The van der Waals surface area contributed by atoms with Crippen LogP contribution in [0.4, 0.5) is 0 Å². The van der Waals surface area contributed by atoms with Crippen LogP contribution in [0.3, 0.4) is 0 Å². The Hall–Kier alpha value is -0.590. The SMILES string of the molecule is CC(C=O)[C@H]1CC[C@H]2[C@@H]3CC=C4CCCC[C@]4(C)[C@H]3CC[C@]12C. The van der Waals surface area contributed by atoms with Gasteiger partial charge in [-0.25, -0.2) is 0 Å². The summed E-state index contributed by atoms with van der Waals surface area (Å²) in [6.07, 6.45) is 16.3. The first-order chi connectivity index (χ1) is 11.0. The minimum Gasteiger partial charge on any atom is -0.303 e. The van der Waals surface area contributed by atoms with Crippen molar-refractivity contribution in [3.05, 3.63) is 11.6 Å². The standard InChI is InChI=1S/C22H34O/c1-15(14-23)18-9-10-19-17-8-7-16-6-4-5-12-21(16,2)20(17)11-13-22(18,19)3/h7,14-15,17-20H,4-6,8-13H2,1-3H3/t15?,17-,18+,19-,20-,21-,22+/m0/s1. The number of hydrogen-bond acceptors (Lipinski definition) is 1. The highest BCUT2D eigenvalue weighted by Gasteiger charge is 2.58. The predicted octanol–water partition coefficient (Wildman–Crippen LogP) is 5.79. The molecular weight excluding hydrogens is 280 g/mol. The average Bonchev–Trinajstić information content (AvgIpc) is 2.91. The largest absolute Gasteiger partial charge is 0.303 e. The quantitative estimate of drug-likeness (QED) is 0.465. The number of allylic oxidation sites excluding steroid dienone is 2. The molecule has 3 saturated carbocycles. The van der Waals surface area contributed by atoms with Crippen molar-refractivity contribution in [2.75, 3.05) is 0 Å². The van der Waals surface area contributed by atoms with Crippen LogP contribution in [0.1, 0.15) is 78.6 Å². The zero-order valence-corrected chi connectivity index (χ0v) is 15.3. The Kier molecular flexibility index (Phi) is 3.78. The zero-order chi connectivity index (χ0) is 16.2. The first-order valence-electron chi connectivity index (χ1n) is 10.2. The first-order valence-corrected chi connectivity index (χ1v) is 10.2. The third kappa shape index (κ3) is 2.14. The van der Waals surface area contributed by atoms with E-state index in [1.165, 1.54) is 64.1 Å². The summed E-state index contributed by atoms with van der Waals surface area (Å²) < 4.78 is 0. The van der Waals surface area contributed by atoms with Gasteiger partial charge in [0, 0.05) is 5.92 Å². The number of rotatable bonds is 2. The van der Waals surface area contributed by atoms with Gasteiger partial charge in [0.1, 0.15) is 6.29 Å². The van der Waals surface area contributed by atoms with E-state index in [0.29, 0.717) is 16.7 Å². The van der Waals surface area contributed by atoms with Gasteiger partial charge in [-0.2, -0.15) is 0 Å². The van der Waals surface area contributed by atoms with Gasteiger partial charge >= 0.3 is 0 Å². The Morgan fingerprint density at radius 3 is 2.74 bits per heavy atom. The van der Waals surface area contributed by atoms with Crippen LogP contribution in [0.5, 0.6) is 0 Å². The summed E-state index contributed by atoms with van der Waals surface area (Å²) in [6, 6.07) is 0. The van der Waals surface area contributed by atoms with Gasteiger partial charge in [-0.05, 0) is 85.9 Å². The molecular formula is C22H34O. The predicted molar refractivity (Wildman–Crippen MR) is 95.0 cm³/mol. The van der Waals surface area contributed by atoms with Crippen molar-refractivity contribution >= 4 is 6.29 Å². The molecule has 0 heterocycles. The lowest BCUT2D eigenvalue weighted by Gasteiger charge is -2.58. The number of aldehydes is 1. The van der Waals surface area contributed by atoms with Crippen molar-refractivity contribution in [3.8, 4) is 0 Å². The normalized spacial score (nSPS) is 50.3. The fourth-order valence-corrected chi connectivity index (χ4v) is 7.70. The fourth-order valence-electron chi connectivity index (χ4n) is 7.70. The highest BCUT2D eigenvalue weighted by molar-refractivity contribution is 5.53. The summed E-state index contributed by atoms with van der Waals surface area (Å²) in [7, 11) is 0. The average molecular weight is 315 g/mol. The Morgan fingerprint density at radius 1 is 1.13 bits per heavy atom. The third-order valence-corrected chi connectivity index (χ3v) is 8.94. The van der Waals surface area contributed by atoms with Gasteiger partial charge in [0.2, 0.25) is 0 Å². The molecule has 23 heavy (non-hydrogen) atoms. The summed E-state index contributed by atoms with van der Waals surface area (Å²) in [5.41, 5.74) is 2.75. The van der Waals surface area contributed by atoms with E-state index in [-0.39, 0.29) is 5.92 Å². The smallest absolute Gasteiger partial charge is 0.123 e. The van der Waals surface area contributed by atoms with Crippen molar-refractivity contribution < 1.29 is 4.79 Å². The van der Waals surface area contributed by atoms with Gasteiger partial charge < -0.3 is 4.79 Å².